The number of hydrogen-bond acceptors (Lipinski definition) is 1. The molecule has 16 heavy (non-hydrogen) atoms. The van der Waals surface area contributed by atoms with Crippen LogP contribution >= 0.6 is 11.6 Å². The molecular formula is C14H20ClN. The lowest BCUT2D eigenvalue weighted by Gasteiger charge is -2.18. The molecule has 88 valence electrons. The monoisotopic (exact) mass is 237 g/mol. The highest BCUT2D eigenvalue weighted by Gasteiger charge is 2.22. The minimum absolute atomic E-state index is 0.476. The van der Waals surface area contributed by atoms with Crippen molar-refractivity contribution in [3.8, 4) is 0 Å². The molecule has 1 saturated carbocycles. The van der Waals surface area contributed by atoms with E-state index in [9.17, 15) is 0 Å². The summed E-state index contributed by atoms with van der Waals surface area (Å²) in [5.74, 6) is 1.00. The molecule has 0 saturated heterocycles. The van der Waals surface area contributed by atoms with Crippen LogP contribution in [0.3, 0.4) is 0 Å². The van der Waals surface area contributed by atoms with Gasteiger partial charge in [-0.2, -0.15) is 0 Å². The zero-order chi connectivity index (χ0) is 11.4. The molecule has 0 spiro atoms. The third-order valence-corrected chi connectivity index (χ3v) is 3.50. The van der Waals surface area contributed by atoms with Crippen LogP contribution in [0.15, 0.2) is 24.3 Å². The summed E-state index contributed by atoms with van der Waals surface area (Å²) in [5, 5.41) is 4.39. The van der Waals surface area contributed by atoms with Gasteiger partial charge in [0.2, 0.25) is 0 Å². The summed E-state index contributed by atoms with van der Waals surface area (Å²) in [6, 6.07) is 8.71. The molecule has 1 unspecified atom stereocenters. The van der Waals surface area contributed by atoms with E-state index >= 15 is 0 Å². The van der Waals surface area contributed by atoms with Crippen LogP contribution in [0, 0.1) is 5.92 Å². The Balaban J connectivity index is 1.98. The smallest absolute Gasteiger partial charge is 0.0409 e. The maximum Gasteiger partial charge on any atom is 0.0409 e. The van der Waals surface area contributed by atoms with E-state index in [0.717, 1.165) is 17.5 Å². The number of rotatable bonds is 6. The van der Waals surface area contributed by atoms with Crippen LogP contribution in [-0.2, 0) is 0 Å². The van der Waals surface area contributed by atoms with Crippen LogP contribution in [0.4, 0.5) is 0 Å². The van der Waals surface area contributed by atoms with Crippen LogP contribution in [0.1, 0.15) is 44.2 Å². The van der Waals surface area contributed by atoms with Crippen molar-refractivity contribution in [2.75, 3.05) is 6.54 Å². The number of halogens is 1. The Hall–Kier alpha value is -0.530. The zero-order valence-corrected chi connectivity index (χ0v) is 10.6. The third-order valence-electron chi connectivity index (χ3n) is 3.26. The van der Waals surface area contributed by atoms with E-state index in [-0.39, 0.29) is 0 Å². The minimum atomic E-state index is 0.476. The van der Waals surface area contributed by atoms with Gasteiger partial charge in [0, 0.05) is 11.1 Å². The molecule has 0 heterocycles. The highest BCUT2D eigenvalue weighted by atomic mass is 35.5. The van der Waals surface area contributed by atoms with Crippen LogP contribution < -0.4 is 5.32 Å². The van der Waals surface area contributed by atoms with Gasteiger partial charge in [-0.1, -0.05) is 43.5 Å². The molecule has 0 amide bonds. The van der Waals surface area contributed by atoms with Gasteiger partial charge in [-0.15, -0.1) is 0 Å². The first-order valence-corrected chi connectivity index (χ1v) is 6.66. The average Bonchev–Trinajstić information content (AvgIpc) is 3.08. The fourth-order valence-corrected chi connectivity index (χ4v) is 2.36. The molecular weight excluding hydrogens is 218 g/mol. The third kappa shape index (κ3) is 3.50. The zero-order valence-electron chi connectivity index (χ0n) is 9.88. The molecule has 2 heteroatoms. The van der Waals surface area contributed by atoms with Crippen LogP contribution in [0.5, 0.6) is 0 Å². The first kappa shape index (κ1) is 11.9. The summed E-state index contributed by atoms with van der Waals surface area (Å²) in [7, 11) is 0. The van der Waals surface area contributed by atoms with Crippen molar-refractivity contribution in [2.45, 2.75) is 38.6 Å². The maximum absolute atomic E-state index is 6.04. The Morgan fingerprint density at radius 2 is 2.25 bits per heavy atom. The molecule has 0 aromatic heterocycles. The van der Waals surface area contributed by atoms with Gasteiger partial charge in [0.25, 0.3) is 0 Å². The van der Waals surface area contributed by atoms with Crippen LogP contribution in [0.2, 0.25) is 5.02 Å². The van der Waals surface area contributed by atoms with Crippen LogP contribution in [-0.4, -0.2) is 6.54 Å². The molecule has 1 aromatic rings. The van der Waals surface area contributed by atoms with Gasteiger partial charge in [-0.05, 0) is 43.0 Å². The second kappa shape index (κ2) is 5.70. The Labute approximate surface area is 103 Å². The lowest BCUT2D eigenvalue weighted by molar-refractivity contribution is 0.482. The standard InChI is InChI=1S/C14H20ClN/c1-2-16-14(9-8-11-6-7-11)12-4-3-5-13(15)10-12/h3-5,10-11,14,16H,2,6-9H2,1H3. The van der Waals surface area contributed by atoms with Gasteiger partial charge in [0.15, 0.2) is 0 Å². The highest BCUT2D eigenvalue weighted by Crippen LogP contribution is 2.36. The van der Waals surface area contributed by atoms with E-state index in [4.69, 9.17) is 11.6 Å². The lowest BCUT2D eigenvalue weighted by Crippen LogP contribution is -2.21. The molecule has 0 bridgehead atoms. The maximum atomic E-state index is 6.04. The summed E-state index contributed by atoms with van der Waals surface area (Å²) in [6.07, 6.45) is 5.46. The fraction of sp³-hybridized carbons (Fsp3) is 0.571. The first-order valence-electron chi connectivity index (χ1n) is 6.28. The molecule has 0 aliphatic heterocycles. The van der Waals surface area contributed by atoms with Gasteiger partial charge in [0.05, 0.1) is 0 Å². The van der Waals surface area contributed by atoms with Gasteiger partial charge in [-0.25, -0.2) is 0 Å². The second-order valence-electron chi connectivity index (χ2n) is 4.69. The molecule has 2 rings (SSSR count). The molecule has 1 aliphatic carbocycles. The molecule has 0 radical (unpaired) electrons. The van der Waals surface area contributed by atoms with E-state index in [1.807, 2.05) is 12.1 Å². The van der Waals surface area contributed by atoms with Crippen molar-refractivity contribution in [3.05, 3.63) is 34.9 Å². The molecule has 1 N–H and O–H groups in total. The van der Waals surface area contributed by atoms with Crippen molar-refractivity contribution in [1.29, 1.82) is 0 Å². The second-order valence-corrected chi connectivity index (χ2v) is 5.12. The highest BCUT2D eigenvalue weighted by molar-refractivity contribution is 6.30. The fourth-order valence-electron chi connectivity index (χ4n) is 2.17. The van der Waals surface area contributed by atoms with E-state index in [1.165, 1.54) is 31.2 Å². The van der Waals surface area contributed by atoms with E-state index in [2.05, 4.69) is 24.4 Å². The summed E-state index contributed by atoms with van der Waals surface area (Å²) in [4.78, 5) is 0. The number of hydrogen-bond donors (Lipinski definition) is 1. The number of benzene rings is 1. The van der Waals surface area contributed by atoms with Gasteiger partial charge < -0.3 is 5.32 Å². The minimum Gasteiger partial charge on any atom is -0.310 e. The first-order chi connectivity index (χ1) is 7.79. The normalized spacial score (nSPS) is 17.4. The Kier molecular flexibility index (Phi) is 4.25. The molecule has 1 aromatic carbocycles. The van der Waals surface area contributed by atoms with Crippen molar-refractivity contribution in [1.82, 2.24) is 5.32 Å². The van der Waals surface area contributed by atoms with Crippen LogP contribution in [0.25, 0.3) is 0 Å². The predicted molar refractivity (Wildman–Crippen MR) is 69.8 cm³/mol. The SMILES string of the molecule is CCNC(CCC1CC1)c1cccc(Cl)c1. The Morgan fingerprint density at radius 3 is 2.88 bits per heavy atom. The summed E-state index contributed by atoms with van der Waals surface area (Å²) >= 11 is 6.04. The average molecular weight is 238 g/mol. The number of nitrogens with one attached hydrogen (secondary N) is 1. The van der Waals surface area contributed by atoms with Crippen molar-refractivity contribution in [3.63, 3.8) is 0 Å². The Bertz CT molecular complexity index is 333. The van der Waals surface area contributed by atoms with Gasteiger partial charge in [0.1, 0.15) is 0 Å². The Morgan fingerprint density at radius 1 is 1.44 bits per heavy atom. The predicted octanol–water partition coefficient (Wildman–Crippen LogP) is 4.18. The molecule has 1 aliphatic rings. The van der Waals surface area contributed by atoms with Gasteiger partial charge >= 0.3 is 0 Å². The summed E-state index contributed by atoms with van der Waals surface area (Å²) < 4.78 is 0. The largest absolute Gasteiger partial charge is 0.310 e. The topological polar surface area (TPSA) is 12.0 Å². The van der Waals surface area contributed by atoms with E-state index < -0.39 is 0 Å². The van der Waals surface area contributed by atoms with E-state index in [1.54, 1.807) is 0 Å². The summed E-state index contributed by atoms with van der Waals surface area (Å²) in [5.41, 5.74) is 1.33. The quantitative estimate of drug-likeness (QED) is 0.783. The molecule has 1 atom stereocenters. The molecule has 1 fully saturated rings. The van der Waals surface area contributed by atoms with Crippen molar-refractivity contribution >= 4 is 11.6 Å². The van der Waals surface area contributed by atoms with Gasteiger partial charge in [-0.3, -0.25) is 0 Å². The van der Waals surface area contributed by atoms with Crippen molar-refractivity contribution < 1.29 is 0 Å². The van der Waals surface area contributed by atoms with E-state index in [0.29, 0.717) is 6.04 Å². The lowest BCUT2D eigenvalue weighted by atomic mass is 10.0. The molecule has 1 nitrogen and oxygen atoms in total. The summed E-state index contributed by atoms with van der Waals surface area (Å²) in [6.45, 7) is 3.18. The van der Waals surface area contributed by atoms with Crippen molar-refractivity contribution in [2.24, 2.45) is 5.92 Å².